The van der Waals surface area contributed by atoms with Gasteiger partial charge in [0.05, 0.1) is 10.7 Å². The minimum Gasteiger partial charge on any atom is -0.486 e. The van der Waals surface area contributed by atoms with E-state index in [9.17, 15) is 4.79 Å². The van der Waals surface area contributed by atoms with Crippen molar-refractivity contribution in [1.29, 1.82) is 0 Å². The number of rotatable bonds is 9. The normalized spacial score (nSPS) is 14.3. The molecule has 39 heavy (non-hydrogen) atoms. The molecule has 0 unspecified atom stereocenters. The fourth-order valence-corrected chi connectivity index (χ4v) is 5.61. The number of benzene rings is 3. The van der Waals surface area contributed by atoms with Crippen LogP contribution in [0.25, 0.3) is 5.69 Å². The van der Waals surface area contributed by atoms with Gasteiger partial charge in [0.25, 0.3) is 0 Å². The molecule has 1 aliphatic rings. The number of Topliss-reactive ketones (excluding diaryl/α,β-unsaturated/α-hetero) is 1. The first-order valence-electron chi connectivity index (χ1n) is 13.1. The minimum atomic E-state index is -0.210. The van der Waals surface area contributed by atoms with Crippen LogP contribution in [0.15, 0.2) is 89.1 Å². The molecule has 1 heterocycles. The molecule has 7 nitrogen and oxygen atoms in total. The van der Waals surface area contributed by atoms with Gasteiger partial charge in [0.15, 0.2) is 16.7 Å². The van der Waals surface area contributed by atoms with Gasteiger partial charge in [0.1, 0.15) is 12.4 Å². The predicted molar refractivity (Wildman–Crippen MR) is 157 cm³/mol. The maximum absolute atomic E-state index is 12.5. The Morgan fingerprint density at radius 3 is 2.44 bits per heavy atom. The standard InChI is InChI=1S/C30H30ClN5O2S/c1-21(37)29(34-32-27-15-9-8-14-26(27)31)39-30-35-33-28(36(30)24-12-6-3-7-13-24)20-38-25-18-16-23(17-19-25)22-10-4-2-5-11-22/h3,6-9,12-19,22,32H,2,4-5,10-11,20H2,1H3/b34-29+. The van der Waals surface area contributed by atoms with Gasteiger partial charge in [-0.3, -0.25) is 14.8 Å². The SMILES string of the molecule is CC(=O)/C(=N\Nc1ccccc1Cl)Sc1nnc(COc2ccc(C3CCCCC3)cc2)n1-c1ccccc1. The lowest BCUT2D eigenvalue weighted by Gasteiger charge is -2.22. The van der Waals surface area contributed by atoms with Gasteiger partial charge >= 0.3 is 0 Å². The largest absolute Gasteiger partial charge is 0.486 e. The molecular formula is C30H30ClN5O2S. The lowest BCUT2D eigenvalue weighted by atomic mass is 9.84. The van der Waals surface area contributed by atoms with Gasteiger partial charge in [-0.05, 0) is 72.5 Å². The lowest BCUT2D eigenvalue weighted by Crippen LogP contribution is -2.11. The number of anilines is 1. The smallest absolute Gasteiger partial charge is 0.202 e. The minimum absolute atomic E-state index is 0.210. The van der Waals surface area contributed by atoms with Crippen LogP contribution >= 0.6 is 23.4 Å². The third-order valence-corrected chi connectivity index (χ3v) is 8.03. The molecule has 1 N–H and O–H groups in total. The molecule has 9 heteroatoms. The van der Waals surface area contributed by atoms with Crippen LogP contribution in [0.2, 0.25) is 5.02 Å². The van der Waals surface area contributed by atoms with Gasteiger partial charge in [-0.25, -0.2) is 0 Å². The summed E-state index contributed by atoms with van der Waals surface area (Å²) < 4.78 is 8.01. The monoisotopic (exact) mass is 559 g/mol. The van der Waals surface area contributed by atoms with E-state index in [0.717, 1.165) is 23.2 Å². The fraction of sp³-hybridized carbons (Fsp3) is 0.267. The van der Waals surface area contributed by atoms with E-state index in [1.165, 1.54) is 44.6 Å². The second-order valence-corrected chi connectivity index (χ2v) is 10.8. The highest BCUT2D eigenvalue weighted by atomic mass is 35.5. The first kappa shape index (κ1) is 27.0. The molecule has 0 radical (unpaired) electrons. The number of thioether (sulfide) groups is 1. The van der Waals surface area contributed by atoms with Crippen molar-refractivity contribution in [3.05, 3.63) is 95.3 Å². The van der Waals surface area contributed by atoms with E-state index in [1.54, 1.807) is 12.1 Å². The molecule has 1 aromatic heterocycles. The third kappa shape index (κ3) is 6.88. The molecule has 3 aromatic carbocycles. The maximum Gasteiger partial charge on any atom is 0.202 e. The van der Waals surface area contributed by atoms with Crippen LogP contribution in [0.3, 0.4) is 0 Å². The summed E-state index contributed by atoms with van der Waals surface area (Å²) in [6.45, 7) is 1.68. The second kappa shape index (κ2) is 13.0. The Morgan fingerprint density at radius 1 is 1.00 bits per heavy atom. The zero-order chi connectivity index (χ0) is 27.0. The van der Waals surface area contributed by atoms with Crippen molar-refractivity contribution in [2.75, 3.05) is 5.43 Å². The predicted octanol–water partition coefficient (Wildman–Crippen LogP) is 7.65. The highest BCUT2D eigenvalue weighted by molar-refractivity contribution is 8.15. The van der Waals surface area contributed by atoms with E-state index in [-0.39, 0.29) is 17.4 Å². The van der Waals surface area contributed by atoms with Crippen molar-refractivity contribution in [3.63, 3.8) is 0 Å². The topological polar surface area (TPSA) is 81.4 Å². The summed E-state index contributed by atoms with van der Waals surface area (Å²) in [6.07, 6.45) is 6.49. The fourth-order valence-electron chi connectivity index (χ4n) is 4.64. The number of carbonyl (C=O) groups excluding carboxylic acids is 1. The van der Waals surface area contributed by atoms with Crippen molar-refractivity contribution in [2.24, 2.45) is 5.10 Å². The molecule has 4 aromatic rings. The number of nitrogens with one attached hydrogen (secondary N) is 1. The number of ether oxygens (including phenoxy) is 1. The van der Waals surface area contributed by atoms with E-state index in [4.69, 9.17) is 16.3 Å². The zero-order valence-electron chi connectivity index (χ0n) is 21.7. The van der Waals surface area contributed by atoms with Crippen LogP contribution in [-0.4, -0.2) is 25.6 Å². The lowest BCUT2D eigenvalue weighted by molar-refractivity contribution is -0.110. The molecule has 5 rings (SSSR count). The number of nitrogens with zero attached hydrogens (tertiary/aromatic N) is 4. The van der Waals surface area contributed by atoms with Crippen molar-refractivity contribution in [1.82, 2.24) is 14.8 Å². The Kier molecular flexibility index (Phi) is 8.96. The summed E-state index contributed by atoms with van der Waals surface area (Å²) in [5.74, 6) is 1.83. The number of hydrazone groups is 1. The Hall–Kier alpha value is -3.62. The first-order chi connectivity index (χ1) is 19.1. The van der Waals surface area contributed by atoms with Crippen LogP contribution in [-0.2, 0) is 11.4 Å². The molecule has 200 valence electrons. The van der Waals surface area contributed by atoms with E-state index in [2.05, 4.69) is 32.9 Å². The molecule has 0 aliphatic heterocycles. The molecule has 0 amide bonds. The first-order valence-corrected chi connectivity index (χ1v) is 14.3. The number of para-hydroxylation sites is 2. The number of hydrogen-bond donors (Lipinski definition) is 1. The summed E-state index contributed by atoms with van der Waals surface area (Å²) in [6, 6.07) is 25.4. The molecule has 1 saturated carbocycles. The Labute approximate surface area is 237 Å². The Morgan fingerprint density at radius 2 is 1.72 bits per heavy atom. The Balaban J connectivity index is 1.35. The van der Waals surface area contributed by atoms with Gasteiger partial charge in [-0.2, -0.15) is 5.10 Å². The second-order valence-electron chi connectivity index (χ2n) is 9.43. The highest BCUT2D eigenvalue weighted by Gasteiger charge is 2.20. The maximum atomic E-state index is 12.5. The van der Waals surface area contributed by atoms with Crippen molar-refractivity contribution in [2.45, 2.75) is 56.7 Å². The molecule has 1 fully saturated rings. The van der Waals surface area contributed by atoms with E-state index in [1.807, 2.05) is 59.2 Å². The molecule has 0 atom stereocenters. The number of hydrogen-bond acceptors (Lipinski definition) is 7. The van der Waals surface area contributed by atoms with Crippen molar-refractivity contribution in [3.8, 4) is 11.4 Å². The summed E-state index contributed by atoms with van der Waals surface area (Å²) in [7, 11) is 0. The van der Waals surface area contributed by atoms with Gasteiger partial charge < -0.3 is 4.74 Å². The van der Waals surface area contributed by atoms with Gasteiger partial charge in [0.2, 0.25) is 5.16 Å². The molecule has 0 saturated heterocycles. The summed E-state index contributed by atoms with van der Waals surface area (Å²) in [4.78, 5) is 12.5. The quantitative estimate of drug-likeness (QED) is 0.0981. The molecule has 0 bridgehead atoms. The average Bonchev–Trinajstić information content (AvgIpc) is 3.38. The van der Waals surface area contributed by atoms with Gasteiger partial charge in [-0.1, -0.05) is 73.3 Å². The molecular weight excluding hydrogens is 530 g/mol. The third-order valence-electron chi connectivity index (χ3n) is 6.68. The average molecular weight is 560 g/mol. The highest BCUT2D eigenvalue weighted by Crippen LogP contribution is 2.33. The van der Waals surface area contributed by atoms with Crippen LogP contribution in [0.4, 0.5) is 5.69 Å². The number of ketones is 1. The van der Waals surface area contributed by atoms with Crippen LogP contribution in [0.1, 0.15) is 56.3 Å². The van der Waals surface area contributed by atoms with E-state index in [0.29, 0.717) is 27.6 Å². The molecule has 1 aliphatic carbocycles. The van der Waals surface area contributed by atoms with Gasteiger partial charge in [0, 0.05) is 12.6 Å². The van der Waals surface area contributed by atoms with Crippen LogP contribution < -0.4 is 10.2 Å². The van der Waals surface area contributed by atoms with E-state index < -0.39 is 0 Å². The van der Waals surface area contributed by atoms with E-state index >= 15 is 0 Å². The van der Waals surface area contributed by atoms with Crippen molar-refractivity contribution >= 4 is 39.9 Å². The Bertz CT molecular complexity index is 1430. The van der Waals surface area contributed by atoms with Crippen molar-refractivity contribution < 1.29 is 9.53 Å². The number of carbonyl (C=O) groups is 1. The number of aromatic nitrogens is 3. The summed E-state index contributed by atoms with van der Waals surface area (Å²) in [5.41, 5.74) is 5.73. The number of halogens is 1. The van der Waals surface area contributed by atoms with Gasteiger partial charge in [-0.15, -0.1) is 10.2 Å². The summed E-state index contributed by atoms with van der Waals surface area (Å²) in [5, 5.41) is 14.3. The zero-order valence-corrected chi connectivity index (χ0v) is 23.3. The molecule has 0 spiro atoms. The summed E-state index contributed by atoms with van der Waals surface area (Å²) >= 11 is 7.36. The van der Waals surface area contributed by atoms with Crippen LogP contribution in [0.5, 0.6) is 5.75 Å². The van der Waals surface area contributed by atoms with Crippen LogP contribution in [0, 0.1) is 0 Å².